The summed E-state index contributed by atoms with van der Waals surface area (Å²) in [4.78, 5) is 5.22. The van der Waals surface area contributed by atoms with E-state index in [2.05, 4.69) is 53.1 Å². The van der Waals surface area contributed by atoms with Crippen molar-refractivity contribution in [3.8, 4) is 28.6 Å². The Labute approximate surface area is 201 Å². The molecule has 0 saturated carbocycles. The van der Waals surface area contributed by atoms with Crippen LogP contribution in [0.15, 0.2) is 91.0 Å². The number of aromatic nitrogens is 2. The average molecular weight is 465 g/mol. The topological polar surface area (TPSA) is 36.3 Å². The Morgan fingerprint density at radius 3 is 1.97 bits per heavy atom. The highest BCUT2D eigenvalue weighted by atomic mass is 35.5. The minimum absolute atomic E-state index is 0.657. The molecule has 4 nitrogen and oxygen atoms in total. The Bertz CT molecular complexity index is 1690. The van der Waals surface area contributed by atoms with Gasteiger partial charge in [-0.25, -0.2) is 4.98 Å². The third-order valence-corrected chi connectivity index (χ3v) is 6.51. The van der Waals surface area contributed by atoms with Gasteiger partial charge in [-0.2, -0.15) is 0 Å². The third kappa shape index (κ3) is 3.11. The predicted molar refractivity (Wildman–Crippen MR) is 140 cm³/mol. The summed E-state index contributed by atoms with van der Waals surface area (Å²) < 4.78 is 13.3. The molecule has 6 aromatic rings. The van der Waals surface area contributed by atoms with Gasteiger partial charge in [-0.15, -0.1) is 0 Å². The first-order valence-corrected chi connectivity index (χ1v) is 11.4. The van der Waals surface area contributed by atoms with Crippen molar-refractivity contribution in [1.29, 1.82) is 0 Å². The van der Waals surface area contributed by atoms with Crippen LogP contribution in [0.3, 0.4) is 0 Å². The van der Waals surface area contributed by atoms with Gasteiger partial charge in [-0.05, 0) is 53.2 Å². The first-order chi connectivity index (χ1) is 16.7. The number of benzene rings is 5. The van der Waals surface area contributed by atoms with E-state index in [0.717, 1.165) is 38.9 Å². The van der Waals surface area contributed by atoms with E-state index in [4.69, 9.17) is 26.1 Å². The highest BCUT2D eigenvalue weighted by molar-refractivity contribution is 6.30. The molecule has 0 bridgehead atoms. The quantitative estimate of drug-likeness (QED) is 0.251. The fourth-order valence-corrected chi connectivity index (χ4v) is 4.84. The first kappa shape index (κ1) is 20.6. The van der Waals surface area contributed by atoms with Crippen LogP contribution in [0, 0.1) is 0 Å². The lowest BCUT2D eigenvalue weighted by molar-refractivity contribution is 0.355. The van der Waals surface area contributed by atoms with Gasteiger partial charge < -0.3 is 9.47 Å². The molecule has 5 heteroatoms. The number of fused-ring (bicyclic) bond motifs is 6. The molecule has 0 aliphatic carbocycles. The third-order valence-electron chi connectivity index (χ3n) is 6.26. The number of ether oxygens (including phenoxy) is 2. The van der Waals surface area contributed by atoms with Crippen molar-refractivity contribution in [3.05, 3.63) is 96.0 Å². The molecule has 0 aliphatic heterocycles. The number of halogens is 1. The Morgan fingerprint density at radius 1 is 0.676 bits per heavy atom. The molecule has 0 fully saturated rings. The zero-order chi connectivity index (χ0) is 23.2. The number of methoxy groups -OCH3 is 2. The molecule has 0 amide bonds. The van der Waals surface area contributed by atoms with Gasteiger partial charge in [-0.3, -0.25) is 4.57 Å². The average Bonchev–Trinajstić information content (AvgIpc) is 3.30. The Kier molecular flexibility index (Phi) is 4.89. The predicted octanol–water partition coefficient (Wildman–Crippen LogP) is 7.67. The van der Waals surface area contributed by atoms with Crippen molar-refractivity contribution in [2.24, 2.45) is 0 Å². The van der Waals surface area contributed by atoms with Gasteiger partial charge in [0.1, 0.15) is 5.82 Å². The monoisotopic (exact) mass is 464 g/mol. The van der Waals surface area contributed by atoms with Gasteiger partial charge in [0.2, 0.25) is 0 Å². The first-order valence-electron chi connectivity index (χ1n) is 11.0. The lowest BCUT2D eigenvalue weighted by Crippen LogP contribution is -1.99. The Balaban J connectivity index is 1.80. The van der Waals surface area contributed by atoms with Crippen LogP contribution in [0.4, 0.5) is 0 Å². The second-order valence-corrected chi connectivity index (χ2v) is 8.54. The molecule has 6 rings (SSSR count). The molecular weight excluding hydrogens is 444 g/mol. The standard InChI is InChI=1S/C29H21ClN2O2/c1-33-25-16-11-18(17-26(25)34-2)29-31-27-23-9-5-3-7-21(23)22-8-4-6-10-24(22)28(27)32(29)20-14-12-19(30)13-15-20/h3-17H,1-2H3. The highest BCUT2D eigenvalue weighted by Gasteiger charge is 2.20. The van der Waals surface area contributed by atoms with Crippen molar-refractivity contribution >= 4 is 44.2 Å². The molecule has 0 spiro atoms. The van der Waals surface area contributed by atoms with E-state index in [0.29, 0.717) is 16.5 Å². The molecule has 5 aromatic carbocycles. The van der Waals surface area contributed by atoms with Crippen molar-refractivity contribution in [2.75, 3.05) is 14.2 Å². The Hall–Kier alpha value is -4.02. The second kappa shape index (κ2) is 8.08. The van der Waals surface area contributed by atoms with E-state index in [-0.39, 0.29) is 0 Å². The smallest absolute Gasteiger partial charge is 0.161 e. The molecule has 0 atom stereocenters. The zero-order valence-corrected chi connectivity index (χ0v) is 19.5. The SMILES string of the molecule is COc1ccc(-c2nc3c4ccccc4c4ccccc4c3n2-c2ccc(Cl)cc2)cc1OC. The van der Waals surface area contributed by atoms with Crippen LogP contribution in [0.1, 0.15) is 0 Å². The molecule has 34 heavy (non-hydrogen) atoms. The minimum atomic E-state index is 0.657. The molecule has 0 N–H and O–H groups in total. The van der Waals surface area contributed by atoms with Crippen LogP contribution in [0.2, 0.25) is 5.02 Å². The maximum absolute atomic E-state index is 6.24. The van der Waals surface area contributed by atoms with Crippen molar-refractivity contribution in [3.63, 3.8) is 0 Å². The van der Waals surface area contributed by atoms with Gasteiger partial charge in [-0.1, -0.05) is 60.1 Å². The maximum atomic E-state index is 6.24. The fraction of sp³-hybridized carbons (Fsp3) is 0.0690. The van der Waals surface area contributed by atoms with E-state index in [1.165, 1.54) is 10.8 Å². The van der Waals surface area contributed by atoms with Gasteiger partial charge in [0.15, 0.2) is 11.5 Å². The van der Waals surface area contributed by atoms with Gasteiger partial charge in [0, 0.05) is 27.0 Å². The summed E-state index contributed by atoms with van der Waals surface area (Å²) in [5.74, 6) is 2.15. The van der Waals surface area contributed by atoms with Crippen LogP contribution in [0.25, 0.3) is 49.7 Å². The van der Waals surface area contributed by atoms with E-state index < -0.39 is 0 Å². The molecule has 1 heterocycles. The van der Waals surface area contributed by atoms with Gasteiger partial charge in [0.05, 0.1) is 25.3 Å². The van der Waals surface area contributed by atoms with E-state index >= 15 is 0 Å². The number of nitrogens with zero attached hydrogens (tertiary/aromatic N) is 2. The van der Waals surface area contributed by atoms with Crippen LogP contribution in [-0.2, 0) is 0 Å². The molecule has 0 saturated heterocycles. The normalized spacial score (nSPS) is 11.4. The summed E-state index contributed by atoms with van der Waals surface area (Å²) in [7, 11) is 3.28. The summed E-state index contributed by atoms with van der Waals surface area (Å²) in [5, 5.41) is 5.33. The van der Waals surface area contributed by atoms with Gasteiger partial charge >= 0.3 is 0 Å². The van der Waals surface area contributed by atoms with Crippen LogP contribution in [0.5, 0.6) is 11.5 Å². The highest BCUT2D eigenvalue weighted by Crippen LogP contribution is 2.40. The molecule has 1 aromatic heterocycles. The lowest BCUT2D eigenvalue weighted by Gasteiger charge is -2.14. The van der Waals surface area contributed by atoms with E-state index in [9.17, 15) is 0 Å². The summed E-state index contributed by atoms with van der Waals surface area (Å²) in [6.45, 7) is 0. The van der Waals surface area contributed by atoms with Crippen molar-refractivity contribution in [2.45, 2.75) is 0 Å². The maximum Gasteiger partial charge on any atom is 0.161 e. The number of hydrogen-bond acceptors (Lipinski definition) is 3. The van der Waals surface area contributed by atoms with E-state index in [1.807, 2.05) is 42.5 Å². The van der Waals surface area contributed by atoms with Crippen LogP contribution < -0.4 is 9.47 Å². The number of imidazole rings is 1. The fourth-order valence-electron chi connectivity index (χ4n) is 4.72. The van der Waals surface area contributed by atoms with Crippen molar-refractivity contribution in [1.82, 2.24) is 9.55 Å². The van der Waals surface area contributed by atoms with Crippen LogP contribution >= 0.6 is 11.6 Å². The summed E-state index contributed by atoms with van der Waals surface area (Å²) in [6, 6.07) is 30.7. The van der Waals surface area contributed by atoms with Crippen LogP contribution in [-0.4, -0.2) is 23.8 Å². The largest absolute Gasteiger partial charge is 0.493 e. The summed E-state index contributed by atoms with van der Waals surface area (Å²) in [5.41, 5.74) is 3.92. The molecule has 0 aliphatic rings. The molecular formula is C29H21ClN2O2. The second-order valence-electron chi connectivity index (χ2n) is 8.11. The minimum Gasteiger partial charge on any atom is -0.493 e. The summed E-state index contributed by atoms with van der Waals surface area (Å²) in [6.07, 6.45) is 0. The lowest BCUT2D eigenvalue weighted by atomic mass is 10.00. The molecule has 0 unspecified atom stereocenters. The van der Waals surface area contributed by atoms with Gasteiger partial charge in [0.25, 0.3) is 0 Å². The number of hydrogen-bond donors (Lipinski definition) is 0. The van der Waals surface area contributed by atoms with Crippen molar-refractivity contribution < 1.29 is 9.47 Å². The van der Waals surface area contributed by atoms with E-state index in [1.54, 1.807) is 14.2 Å². The number of rotatable bonds is 4. The zero-order valence-electron chi connectivity index (χ0n) is 18.7. The Morgan fingerprint density at radius 2 is 1.29 bits per heavy atom. The molecule has 0 radical (unpaired) electrons. The molecule has 166 valence electrons. The summed E-state index contributed by atoms with van der Waals surface area (Å²) >= 11 is 6.24.